The number of hydrogen-bond donors (Lipinski definition) is 0. The highest BCUT2D eigenvalue weighted by Crippen LogP contribution is 2.68. The van der Waals surface area contributed by atoms with Gasteiger partial charge in [0, 0.05) is 0 Å². The van der Waals surface area contributed by atoms with Crippen LogP contribution in [-0.2, 0) is 0 Å². The fourth-order valence-corrected chi connectivity index (χ4v) is 3.13. The lowest BCUT2D eigenvalue weighted by molar-refractivity contribution is -0.180. The molecule has 3 aliphatic carbocycles. The van der Waals surface area contributed by atoms with Gasteiger partial charge in [0.25, 0.3) is 0 Å². The molecule has 0 heterocycles. The van der Waals surface area contributed by atoms with Crippen molar-refractivity contribution in [3.8, 4) is 0 Å². The number of hydrogen-bond acceptors (Lipinski definition) is 0. The zero-order valence-corrected chi connectivity index (χ0v) is 7.99. The van der Waals surface area contributed by atoms with Crippen LogP contribution in [0.25, 0.3) is 0 Å². The maximum absolute atomic E-state index is 12.5. The topological polar surface area (TPSA) is 0 Å². The molecule has 0 saturated heterocycles. The van der Waals surface area contributed by atoms with Crippen molar-refractivity contribution in [2.75, 3.05) is 0 Å². The fraction of sp³-hybridized carbons (Fsp3) is 1.00. The molecule has 76 valence electrons. The van der Waals surface area contributed by atoms with Crippen LogP contribution in [0.3, 0.4) is 0 Å². The summed E-state index contributed by atoms with van der Waals surface area (Å²) >= 11 is 0. The summed E-state index contributed by atoms with van der Waals surface area (Å²) in [6, 6.07) is 0. The molecule has 1 unspecified atom stereocenters. The molecule has 0 nitrogen and oxygen atoms in total. The largest absolute Gasteiger partial charge is 0.392 e. The van der Waals surface area contributed by atoms with Crippen molar-refractivity contribution in [3.05, 3.63) is 0 Å². The van der Waals surface area contributed by atoms with E-state index in [9.17, 15) is 13.2 Å². The molecule has 2 bridgehead atoms. The summed E-state index contributed by atoms with van der Waals surface area (Å²) in [6.07, 6.45) is -1.93. The van der Waals surface area contributed by atoms with Crippen molar-refractivity contribution < 1.29 is 13.2 Å². The van der Waals surface area contributed by atoms with Crippen molar-refractivity contribution in [3.63, 3.8) is 0 Å². The minimum absolute atomic E-state index is 0.0465. The zero-order valence-electron chi connectivity index (χ0n) is 7.99. The fourth-order valence-electron chi connectivity index (χ4n) is 3.13. The molecule has 0 spiro atoms. The second-order valence-corrected chi connectivity index (χ2v) is 5.04. The molecule has 0 aromatic heterocycles. The van der Waals surface area contributed by atoms with Crippen molar-refractivity contribution in [2.45, 2.75) is 39.3 Å². The number of alkyl halides is 3. The van der Waals surface area contributed by atoms with E-state index >= 15 is 0 Å². The lowest BCUT2D eigenvalue weighted by Crippen LogP contribution is -2.33. The van der Waals surface area contributed by atoms with E-state index in [1.165, 1.54) is 0 Å². The molecule has 3 heteroatoms. The average Bonchev–Trinajstić information content (AvgIpc) is 2.33. The summed E-state index contributed by atoms with van der Waals surface area (Å²) < 4.78 is 37.4. The molecule has 1 atom stereocenters. The molecular formula is C10H15F3. The molecule has 3 aliphatic rings. The van der Waals surface area contributed by atoms with Crippen molar-refractivity contribution in [2.24, 2.45) is 23.2 Å². The van der Waals surface area contributed by atoms with E-state index in [1.807, 2.05) is 0 Å². The second-order valence-electron chi connectivity index (χ2n) is 5.04. The van der Waals surface area contributed by atoms with Crippen LogP contribution in [0.2, 0.25) is 0 Å². The Bertz CT molecular complexity index is 211. The lowest BCUT2D eigenvalue weighted by Gasteiger charge is -2.42. The summed E-state index contributed by atoms with van der Waals surface area (Å²) in [5.74, 6) is -0.631. The average molecular weight is 192 g/mol. The Kier molecular flexibility index (Phi) is 1.74. The van der Waals surface area contributed by atoms with Crippen LogP contribution in [-0.4, -0.2) is 6.18 Å². The summed E-state index contributed by atoms with van der Waals surface area (Å²) in [4.78, 5) is 0. The Balaban J connectivity index is 2.10. The summed E-state index contributed by atoms with van der Waals surface area (Å²) in [5.41, 5.74) is 0.0465. The maximum Gasteiger partial charge on any atom is 0.392 e. The molecule has 0 aromatic rings. The van der Waals surface area contributed by atoms with E-state index in [0.717, 1.165) is 12.8 Å². The number of halogens is 3. The van der Waals surface area contributed by atoms with E-state index < -0.39 is 12.1 Å². The summed E-state index contributed by atoms with van der Waals surface area (Å²) in [6.45, 7) is 4.10. The van der Waals surface area contributed by atoms with Gasteiger partial charge in [0.1, 0.15) is 0 Å². The first kappa shape index (κ1) is 9.35. The quantitative estimate of drug-likeness (QED) is 0.595. The van der Waals surface area contributed by atoms with Gasteiger partial charge in [-0.05, 0) is 36.5 Å². The third kappa shape index (κ3) is 1.19. The van der Waals surface area contributed by atoms with Gasteiger partial charge in [0.2, 0.25) is 0 Å². The Labute approximate surface area is 76.5 Å². The monoisotopic (exact) mass is 192 g/mol. The van der Waals surface area contributed by atoms with E-state index in [1.54, 1.807) is 0 Å². The van der Waals surface area contributed by atoms with E-state index in [4.69, 9.17) is 0 Å². The van der Waals surface area contributed by atoms with Crippen LogP contribution in [0.4, 0.5) is 13.2 Å². The molecule has 3 saturated carbocycles. The first-order valence-corrected chi connectivity index (χ1v) is 4.92. The van der Waals surface area contributed by atoms with Gasteiger partial charge in [-0.25, -0.2) is 0 Å². The first-order chi connectivity index (χ1) is 5.85. The van der Waals surface area contributed by atoms with Crippen LogP contribution < -0.4 is 0 Å². The molecule has 3 fully saturated rings. The molecule has 0 radical (unpaired) electrons. The molecular weight excluding hydrogens is 177 g/mol. The number of rotatable bonds is 1. The smallest absolute Gasteiger partial charge is 0.171 e. The van der Waals surface area contributed by atoms with Gasteiger partial charge < -0.3 is 0 Å². The lowest BCUT2D eigenvalue weighted by atomic mass is 9.63. The Morgan fingerprint density at radius 3 is 1.92 bits per heavy atom. The van der Waals surface area contributed by atoms with Crippen LogP contribution in [0, 0.1) is 23.2 Å². The third-order valence-corrected chi connectivity index (χ3v) is 4.18. The summed E-state index contributed by atoms with van der Waals surface area (Å²) in [7, 11) is 0. The van der Waals surface area contributed by atoms with Gasteiger partial charge in [0.15, 0.2) is 0 Å². The van der Waals surface area contributed by atoms with Crippen LogP contribution in [0.5, 0.6) is 0 Å². The Morgan fingerprint density at radius 1 is 1.15 bits per heavy atom. The molecule has 13 heavy (non-hydrogen) atoms. The zero-order chi connectivity index (χ0) is 9.85. The molecule has 0 amide bonds. The predicted octanol–water partition coefficient (Wildman–Crippen LogP) is 3.62. The van der Waals surface area contributed by atoms with Crippen molar-refractivity contribution >= 4 is 0 Å². The van der Waals surface area contributed by atoms with Gasteiger partial charge in [-0.3, -0.25) is 0 Å². The van der Waals surface area contributed by atoms with Gasteiger partial charge in [-0.15, -0.1) is 0 Å². The van der Waals surface area contributed by atoms with E-state index in [-0.39, 0.29) is 11.3 Å². The third-order valence-electron chi connectivity index (χ3n) is 4.18. The number of fused-ring (bicyclic) bond motifs is 1. The normalized spacial score (nSPS) is 43.8. The highest BCUT2D eigenvalue weighted by atomic mass is 19.4. The van der Waals surface area contributed by atoms with Gasteiger partial charge in [-0.2, -0.15) is 13.2 Å². The first-order valence-electron chi connectivity index (χ1n) is 4.92. The highest BCUT2D eigenvalue weighted by molar-refractivity contribution is 5.08. The molecule has 0 N–H and O–H groups in total. The minimum Gasteiger partial charge on any atom is -0.171 e. The Hall–Kier alpha value is -0.210. The van der Waals surface area contributed by atoms with Crippen molar-refractivity contribution in [1.29, 1.82) is 0 Å². The Morgan fingerprint density at radius 2 is 1.69 bits per heavy atom. The minimum atomic E-state index is -3.95. The molecule has 0 aliphatic heterocycles. The van der Waals surface area contributed by atoms with Crippen LogP contribution in [0.1, 0.15) is 33.1 Å². The van der Waals surface area contributed by atoms with E-state index in [0.29, 0.717) is 12.3 Å². The van der Waals surface area contributed by atoms with Gasteiger partial charge in [-0.1, -0.05) is 13.8 Å². The molecule has 0 aromatic carbocycles. The van der Waals surface area contributed by atoms with Crippen LogP contribution in [0.15, 0.2) is 0 Å². The maximum atomic E-state index is 12.5. The van der Waals surface area contributed by atoms with Gasteiger partial charge >= 0.3 is 6.18 Å². The van der Waals surface area contributed by atoms with Crippen LogP contribution >= 0.6 is 0 Å². The van der Waals surface area contributed by atoms with Crippen molar-refractivity contribution in [1.82, 2.24) is 0 Å². The van der Waals surface area contributed by atoms with Gasteiger partial charge in [0.05, 0.1) is 5.92 Å². The molecule has 3 rings (SSSR count). The standard InChI is InChI=1S/C10H15F3/c1-6(2)9-3-7(4-9)8(5-9)10(11,12)13/h6-8H,3-5H2,1-2H3. The highest BCUT2D eigenvalue weighted by Gasteiger charge is 2.64. The van der Waals surface area contributed by atoms with E-state index in [2.05, 4.69) is 13.8 Å². The predicted molar refractivity (Wildman–Crippen MR) is 44.2 cm³/mol. The second kappa shape index (κ2) is 2.43. The SMILES string of the molecule is CC(C)C12CC(C1)C(C(F)(F)F)C2. The summed E-state index contributed by atoms with van der Waals surface area (Å²) in [5, 5.41) is 0.